The third-order valence-corrected chi connectivity index (χ3v) is 3.64. The molecule has 28 heavy (non-hydrogen) atoms. The van der Waals surface area contributed by atoms with Gasteiger partial charge < -0.3 is 20.5 Å². The lowest BCUT2D eigenvalue weighted by Gasteiger charge is -2.08. The fraction of sp³-hybridized carbons (Fsp3) is 0.200. The molecule has 0 fully saturated rings. The summed E-state index contributed by atoms with van der Waals surface area (Å²) in [5, 5.41) is 13.7. The highest BCUT2D eigenvalue weighted by molar-refractivity contribution is 5.96. The minimum absolute atomic E-state index is 0.144. The molecule has 0 heterocycles. The van der Waals surface area contributed by atoms with Crippen LogP contribution in [0, 0.1) is 6.92 Å². The van der Waals surface area contributed by atoms with Crippen molar-refractivity contribution in [3.63, 3.8) is 0 Å². The first-order valence-corrected chi connectivity index (χ1v) is 8.49. The smallest absolute Gasteiger partial charge is 0.338 e. The maximum atomic E-state index is 12.0. The van der Waals surface area contributed by atoms with Gasteiger partial charge in [0.2, 0.25) is 5.91 Å². The molecule has 2 aromatic rings. The molecule has 146 valence electrons. The van der Waals surface area contributed by atoms with Crippen LogP contribution in [0.5, 0.6) is 0 Å². The zero-order chi connectivity index (χ0) is 20.5. The quantitative estimate of drug-likeness (QED) is 0.602. The molecule has 2 amide bonds. The van der Waals surface area contributed by atoms with E-state index in [0.717, 1.165) is 5.56 Å². The number of esters is 1. The van der Waals surface area contributed by atoms with Crippen LogP contribution in [0.25, 0.3) is 0 Å². The van der Waals surface area contributed by atoms with Crippen LogP contribution in [-0.2, 0) is 19.1 Å². The number of ether oxygens (including phenoxy) is 1. The third-order valence-electron chi connectivity index (χ3n) is 3.64. The molecule has 0 aliphatic carbocycles. The lowest BCUT2D eigenvalue weighted by molar-refractivity contribution is -0.138. The molecule has 0 radical (unpaired) electrons. The molecular weight excluding hydrogens is 364 g/mol. The number of benzene rings is 2. The number of carbonyl (C=O) groups is 4. The number of carboxylic acids is 1. The summed E-state index contributed by atoms with van der Waals surface area (Å²) in [6.45, 7) is 1.50. The second-order valence-corrected chi connectivity index (χ2v) is 6.01. The predicted octanol–water partition coefficient (Wildman–Crippen LogP) is 2.59. The number of aryl methyl sites for hydroxylation is 1. The molecule has 0 bridgehead atoms. The zero-order valence-corrected chi connectivity index (χ0v) is 15.2. The van der Waals surface area contributed by atoms with E-state index in [2.05, 4.69) is 10.6 Å². The zero-order valence-electron chi connectivity index (χ0n) is 15.2. The maximum Gasteiger partial charge on any atom is 0.338 e. The molecular formula is C20H20N2O6. The molecule has 8 nitrogen and oxygen atoms in total. The Morgan fingerprint density at radius 2 is 1.36 bits per heavy atom. The van der Waals surface area contributed by atoms with Crippen LogP contribution < -0.4 is 10.6 Å². The van der Waals surface area contributed by atoms with Gasteiger partial charge in [-0.25, -0.2) is 4.79 Å². The Hall–Kier alpha value is -3.68. The fourth-order valence-electron chi connectivity index (χ4n) is 2.18. The Bertz CT molecular complexity index is 859. The van der Waals surface area contributed by atoms with E-state index in [9.17, 15) is 19.2 Å². The number of rotatable bonds is 8. The largest absolute Gasteiger partial charge is 0.481 e. The van der Waals surface area contributed by atoms with Crippen LogP contribution in [-0.4, -0.2) is 35.5 Å². The van der Waals surface area contributed by atoms with Gasteiger partial charge in [0.1, 0.15) is 0 Å². The monoisotopic (exact) mass is 384 g/mol. The highest BCUT2D eigenvalue weighted by Crippen LogP contribution is 2.12. The van der Waals surface area contributed by atoms with Crippen LogP contribution >= 0.6 is 0 Å². The number of carbonyl (C=O) groups excluding carboxylic acids is 3. The van der Waals surface area contributed by atoms with Gasteiger partial charge in [-0.2, -0.15) is 0 Å². The van der Waals surface area contributed by atoms with Gasteiger partial charge in [0, 0.05) is 17.8 Å². The first kappa shape index (κ1) is 20.6. The van der Waals surface area contributed by atoms with Crippen molar-refractivity contribution < 1.29 is 29.0 Å². The molecule has 2 aromatic carbocycles. The molecule has 0 aliphatic rings. The highest BCUT2D eigenvalue weighted by atomic mass is 16.5. The number of amides is 2. The lowest BCUT2D eigenvalue weighted by atomic mass is 10.2. The molecule has 0 saturated heterocycles. The van der Waals surface area contributed by atoms with Crippen LogP contribution in [0.15, 0.2) is 48.5 Å². The first-order chi connectivity index (χ1) is 13.3. The Morgan fingerprint density at radius 1 is 0.821 bits per heavy atom. The number of anilines is 2. The fourth-order valence-corrected chi connectivity index (χ4v) is 2.18. The van der Waals surface area contributed by atoms with Crippen molar-refractivity contribution in [2.45, 2.75) is 19.8 Å². The highest BCUT2D eigenvalue weighted by Gasteiger charge is 2.11. The van der Waals surface area contributed by atoms with Gasteiger partial charge in [-0.1, -0.05) is 17.7 Å². The molecule has 0 aliphatic heterocycles. The maximum absolute atomic E-state index is 12.0. The lowest BCUT2D eigenvalue weighted by Crippen LogP contribution is -2.21. The van der Waals surface area contributed by atoms with Gasteiger partial charge in [0.25, 0.3) is 5.91 Å². The number of carboxylic acid groups (broad SMARTS) is 1. The van der Waals surface area contributed by atoms with Crippen molar-refractivity contribution >= 4 is 35.1 Å². The SMILES string of the molecule is Cc1ccc(NC(=O)COC(=O)c2ccc(NC(=O)CCC(=O)O)cc2)cc1. The van der Waals surface area contributed by atoms with Crippen LogP contribution in [0.3, 0.4) is 0 Å². The number of nitrogens with one attached hydrogen (secondary N) is 2. The summed E-state index contributed by atoms with van der Waals surface area (Å²) in [5.41, 5.74) is 2.30. The summed E-state index contributed by atoms with van der Waals surface area (Å²) in [7, 11) is 0. The second-order valence-electron chi connectivity index (χ2n) is 6.01. The Morgan fingerprint density at radius 3 is 1.93 bits per heavy atom. The van der Waals surface area contributed by atoms with E-state index in [1.807, 2.05) is 19.1 Å². The summed E-state index contributed by atoms with van der Waals surface area (Å²) in [4.78, 5) is 45.9. The van der Waals surface area contributed by atoms with Crippen molar-refractivity contribution in [1.29, 1.82) is 0 Å². The van der Waals surface area contributed by atoms with E-state index in [0.29, 0.717) is 11.4 Å². The van der Waals surface area contributed by atoms with Gasteiger partial charge in [0.05, 0.1) is 12.0 Å². The predicted molar refractivity (Wildman–Crippen MR) is 102 cm³/mol. The Kier molecular flexibility index (Phi) is 7.27. The minimum Gasteiger partial charge on any atom is -0.481 e. The molecule has 0 unspecified atom stereocenters. The molecule has 0 atom stereocenters. The van der Waals surface area contributed by atoms with Gasteiger partial charge in [-0.3, -0.25) is 14.4 Å². The van der Waals surface area contributed by atoms with Crippen molar-refractivity contribution in [2.75, 3.05) is 17.2 Å². The number of hydrogen-bond donors (Lipinski definition) is 3. The molecule has 0 aromatic heterocycles. The third kappa shape index (κ3) is 6.91. The average Bonchev–Trinajstić information content (AvgIpc) is 2.67. The molecule has 0 spiro atoms. The van der Waals surface area contributed by atoms with Crippen molar-refractivity contribution in [3.8, 4) is 0 Å². The standard InChI is InChI=1S/C20H20N2O6/c1-13-2-6-15(7-3-13)22-18(24)12-28-20(27)14-4-8-16(9-5-14)21-17(23)10-11-19(25)26/h2-9H,10-12H2,1H3,(H,21,23)(H,22,24)(H,25,26). The topological polar surface area (TPSA) is 122 Å². The van der Waals surface area contributed by atoms with Crippen molar-refractivity contribution in [2.24, 2.45) is 0 Å². The molecule has 3 N–H and O–H groups in total. The van der Waals surface area contributed by atoms with Gasteiger partial charge in [-0.15, -0.1) is 0 Å². The van der Waals surface area contributed by atoms with E-state index in [1.54, 1.807) is 12.1 Å². The summed E-state index contributed by atoms with van der Waals surface area (Å²) in [5.74, 6) is -2.63. The summed E-state index contributed by atoms with van der Waals surface area (Å²) in [6, 6.07) is 13.0. The van der Waals surface area contributed by atoms with Crippen LogP contribution in [0.1, 0.15) is 28.8 Å². The van der Waals surface area contributed by atoms with E-state index in [1.165, 1.54) is 24.3 Å². The van der Waals surface area contributed by atoms with Crippen LogP contribution in [0.2, 0.25) is 0 Å². The number of aliphatic carboxylic acids is 1. The summed E-state index contributed by atoms with van der Waals surface area (Å²) in [6.07, 6.45) is -0.407. The first-order valence-electron chi connectivity index (χ1n) is 8.49. The van der Waals surface area contributed by atoms with E-state index in [-0.39, 0.29) is 18.4 Å². The van der Waals surface area contributed by atoms with E-state index >= 15 is 0 Å². The Labute approximate surface area is 161 Å². The van der Waals surface area contributed by atoms with Crippen LogP contribution in [0.4, 0.5) is 11.4 Å². The van der Waals surface area contributed by atoms with Gasteiger partial charge >= 0.3 is 11.9 Å². The van der Waals surface area contributed by atoms with E-state index in [4.69, 9.17) is 9.84 Å². The minimum atomic E-state index is -1.06. The van der Waals surface area contributed by atoms with Crippen molar-refractivity contribution in [1.82, 2.24) is 0 Å². The second kappa shape index (κ2) is 9.86. The van der Waals surface area contributed by atoms with E-state index < -0.39 is 30.4 Å². The Balaban J connectivity index is 1.80. The molecule has 2 rings (SSSR count). The molecule has 8 heteroatoms. The van der Waals surface area contributed by atoms with Gasteiger partial charge in [-0.05, 0) is 43.3 Å². The summed E-state index contributed by atoms with van der Waals surface area (Å²) >= 11 is 0. The number of hydrogen-bond acceptors (Lipinski definition) is 5. The van der Waals surface area contributed by atoms with Gasteiger partial charge in [0.15, 0.2) is 6.61 Å². The normalized spacial score (nSPS) is 10.0. The molecule has 0 saturated carbocycles. The van der Waals surface area contributed by atoms with Crippen molar-refractivity contribution in [3.05, 3.63) is 59.7 Å². The average molecular weight is 384 g/mol. The summed E-state index contributed by atoms with van der Waals surface area (Å²) < 4.78 is 4.97.